The third-order valence-electron chi connectivity index (χ3n) is 4.05. The van der Waals surface area contributed by atoms with Gasteiger partial charge in [0, 0.05) is 39.8 Å². The van der Waals surface area contributed by atoms with E-state index in [4.69, 9.17) is 15.9 Å². The number of rotatable bonds is 7. The number of anilines is 3. The third-order valence-corrected chi connectivity index (χ3v) is 4.05. The van der Waals surface area contributed by atoms with Crippen molar-refractivity contribution in [2.45, 2.75) is 6.61 Å². The first-order valence-corrected chi connectivity index (χ1v) is 8.30. The quantitative estimate of drug-likeness (QED) is 0.310. The van der Waals surface area contributed by atoms with Crippen LogP contribution < -0.4 is 26.0 Å². The van der Waals surface area contributed by atoms with Gasteiger partial charge in [-0.1, -0.05) is 0 Å². The van der Waals surface area contributed by atoms with Gasteiger partial charge < -0.3 is 35.6 Å². The first-order valence-electron chi connectivity index (χ1n) is 8.30. The highest BCUT2D eigenvalue weighted by molar-refractivity contribution is 5.94. The lowest BCUT2D eigenvalue weighted by Crippen LogP contribution is -2.45. The zero-order chi connectivity index (χ0) is 20.0. The van der Waals surface area contributed by atoms with E-state index in [0.717, 1.165) is 0 Å². The van der Waals surface area contributed by atoms with Crippen LogP contribution in [0.2, 0.25) is 0 Å². The topological polar surface area (TPSA) is 116 Å². The second-order valence-electron chi connectivity index (χ2n) is 5.89. The second kappa shape index (κ2) is 9.21. The van der Waals surface area contributed by atoms with E-state index < -0.39 is 6.61 Å². The number of morpholine rings is 1. The fourth-order valence-electron chi connectivity index (χ4n) is 2.58. The number of hydrogen-bond acceptors (Lipinski definition) is 6. The van der Waals surface area contributed by atoms with Gasteiger partial charge in [0.2, 0.25) is 5.91 Å². The standard InChI is InChI=1S/C16H24F2N6O3/c1-21-16(20)22-11-7-10(19)12(8-13(11)27-15(17)18)23(2)3-4-24-5-6-26-9-14(24)25/h7-8,15H,3-6,9,19H2,1-2H3,(H3,20,21,22). The van der Waals surface area contributed by atoms with Crippen LogP contribution in [0.5, 0.6) is 5.75 Å². The Balaban J connectivity index is 2.16. The molecule has 11 heteroatoms. The van der Waals surface area contributed by atoms with Crippen molar-refractivity contribution in [1.82, 2.24) is 10.2 Å². The van der Waals surface area contributed by atoms with Gasteiger partial charge in [0.15, 0.2) is 11.7 Å². The molecule has 1 aromatic rings. The minimum absolute atomic E-state index is 0.0655. The SMILES string of the molecule is CNC(=N)Nc1cc(N)c(N(C)CCN2CCOCC2=O)cc1OC(F)F. The van der Waals surface area contributed by atoms with E-state index in [-0.39, 0.29) is 29.9 Å². The van der Waals surface area contributed by atoms with Crippen molar-refractivity contribution in [1.29, 1.82) is 5.41 Å². The summed E-state index contributed by atoms with van der Waals surface area (Å²) in [6.07, 6.45) is 0. The normalized spacial score (nSPS) is 14.3. The van der Waals surface area contributed by atoms with Gasteiger partial charge in [0.1, 0.15) is 6.61 Å². The Kier molecular flexibility index (Phi) is 6.99. The van der Waals surface area contributed by atoms with Crippen molar-refractivity contribution >= 4 is 28.9 Å². The summed E-state index contributed by atoms with van der Waals surface area (Å²) >= 11 is 0. The lowest BCUT2D eigenvalue weighted by Gasteiger charge is -2.30. The predicted molar refractivity (Wildman–Crippen MR) is 98.6 cm³/mol. The minimum atomic E-state index is -3.03. The fraction of sp³-hybridized carbons (Fsp3) is 0.500. The summed E-state index contributed by atoms with van der Waals surface area (Å²) in [6, 6.07) is 2.81. The van der Waals surface area contributed by atoms with E-state index in [1.54, 1.807) is 16.8 Å². The number of carbonyl (C=O) groups excluding carboxylic acids is 1. The van der Waals surface area contributed by atoms with Crippen molar-refractivity contribution in [3.8, 4) is 5.75 Å². The largest absolute Gasteiger partial charge is 0.433 e. The molecule has 1 aliphatic rings. The molecule has 0 spiro atoms. The van der Waals surface area contributed by atoms with Crippen molar-refractivity contribution in [3.05, 3.63) is 12.1 Å². The van der Waals surface area contributed by atoms with Gasteiger partial charge in [-0.2, -0.15) is 8.78 Å². The molecule has 0 aromatic heterocycles. The van der Waals surface area contributed by atoms with Crippen LogP contribution in [0.25, 0.3) is 0 Å². The van der Waals surface area contributed by atoms with Crippen LogP contribution >= 0.6 is 0 Å². The van der Waals surface area contributed by atoms with Crippen molar-refractivity contribution < 1.29 is 23.0 Å². The molecule has 1 saturated heterocycles. The number of carbonyl (C=O) groups is 1. The Bertz CT molecular complexity index is 688. The highest BCUT2D eigenvalue weighted by atomic mass is 19.3. The summed E-state index contributed by atoms with van der Waals surface area (Å²) in [5.41, 5.74) is 7.00. The summed E-state index contributed by atoms with van der Waals surface area (Å²) in [5, 5.41) is 12.7. The molecule has 1 amide bonds. The number of alkyl halides is 2. The maximum absolute atomic E-state index is 12.8. The molecule has 0 unspecified atom stereocenters. The smallest absolute Gasteiger partial charge is 0.387 e. The molecule has 0 radical (unpaired) electrons. The average molecular weight is 386 g/mol. The molecule has 0 aliphatic carbocycles. The van der Waals surface area contributed by atoms with Gasteiger partial charge in [-0.05, 0) is 6.07 Å². The number of nitrogens with two attached hydrogens (primary N) is 1. The number of amides is 1. The first-order chi connectivity index (χ1) is 12.8. The molecule has 1 fully saturated rings. The van der Waals surface area contributed by atoms with Crippen LogP contribution in [-0.4, -0.2) is 70.3 Å². The maximum Gasteiger partial charge on any atom is 0.387 e. The molecule has 2 rings (SSSR count). The molecular formula is C16H24F2N6O3. The molecule has 1 heterocycles. The minimum Gasteiger partial charge on any atom is -0.433 e. The highest BCUT2D eigenvalue weighted by Crippen LogP contribution is 2.36. The summed E-state index contributed by atoms with van der Waals surface area (Å²) in [4.78, 5) is 15.2. The maximum atomic E-state index is 12.8. The van der Waals surface area contributed by atoms with Gasteiger partial charge in [-0.15, -0.1) is 0 Å². The van der Waals surface area contributed by atoms with Crippen LogP contribution in [0.4, 0.5) is 25.8 Å². The lowest BCUT2D eigenvalue weighted by molar-refractivity contribution is -0.142. The van der Waals surface area contributed by atoms with Gasteiger partial charge in [-0.3, -0.25) is 10.2 Å². The molecule has 1 aliphatic heterocycles. The molecule has 0 saturated carbocycles. The number of benzene rings is 1. The van der Waals surface area contributed by atoms with Gasteiger partial charge in [-0.25, -0.2) is 0 Å². The number of nitrogen functional groups attached to an aromatic ring is 1. The molecule has 9 nitrogen and oxygen atoms in total. The van der Waals surface area contributed by atoms with Crippen molar-refractivity contribution in [3.63, 3.8) is 0 Å². The van der Waals surface area contributed by atoms with E-state index in [9.17, 15) is 13.6 Å². The zero-order valence-electron chi connectivity index (χ0n) is 15.2. The van der Waals surface area contributed by atoms with E-state index in [1.807, 2.05) is 0 Å². The second-order valence-corrected chi connectivity index (χ2v) is 5.89. The van der Waals surface area contributed by atoms with Gasteiger partial charge >= 0.3 is 6.61 Å². The van der Waals surface area contributed by atoms with Crippen LogP contribution in [0.15, 0.2) is 12.1 Å². The number of nitrogens with zero attached hydrogens (tertiary/aromatic N) is 2. The molecule has 27 heavy (non-hydrogen) atoms. The van der Waals surface area contributed by atoms with Crippen molar-refractivity contribution in [2.75, 3.05) is 62.9 Å². The summed E-state index contributed by atoms with van der Waals surface area (Å²) in [7, 11) is 3.26. The monoisotopic (exact) mass is 386 g/mol. The highest BCUT2D eigenvalue weighted by Gasteiger charge is 2.20. The lowest BCUT2D eigenvalue weighted by atomic mass is 10.2. The zero-order valence-corrected chi connectivity index (χ0v) is 15.2. The molecule has 1 aromatic carbocycles. The number of guanidine groups is 1. The summed E-state index contributed by atoms with van der Waals surface area (Å²) in [5.74, 6) is -0.321. The van der Waals surface area contributed by atoms with Gasteiger partial charge in [0.05, 0.1) is 23.7 Å². The van der Waals surface area contributed by atoms with E-state index in [0.29, 0.717) is 37.6 Å². The average Bonchev–Trinajstić information content (AvgIpc) is 2.62. The van der Waals surface area contributed by atoms with E-state index in [2.05, 4.69) is 15.4 Å². The van der Waals surface area contributed by atoms with Gasteiger partial charge in [0.25, 0.3) is 0 Å². The number of ether oxygens (including phenoxy) is 2. The number of likely N-dealkylation sites (N-methyl/N-ethyl adjacent to an activating group) is 1. The number of hydrogen-bond donors (Lipinski definition) is 4. The molecule has 0 bridgehead atoms. The Morgan fingerprint density at radius 1 is 1.52 bits per heavy atom. The molecule has 150 valence electrons. The predicted octanol–water partition coefficient (Wildman–Crippen LogP) is 0.731. The Morgan fingerprint density at radius 3 is 2.89 bits per heavy atom. The Hall–Kier alpha value is -2.82. The Labute approximate surface area is 155 Å². The van der Waals surface area contributed by atoms with Crippen LogP contribution in [0.3, 0.4) is 0 Å². The number of halogens is 2. The van der Waals surface area contributed by atoms with Crippen LogP contribution in [-0.2, 0) is 9.53 Å². The Morgan fingerprint density at radius 2 is 2.26 bits per heavy atom. The molecular weight excluding hydrogens is 362 g/mol. The summed E-state index contributed by atoms with van der Waals surface area (Å²) < 4.78 is 35.2. The first kappa shape index (κ1) is 20.5. The fourth-order valence-corrected chi connectivity index (χ4v) is 2.58. The van der Waals surface area contributed by atoms with Crippen LogP contribution in [0, 0.1) is 5.41 Å². The van der Waals surface area contributed by atoms with E-state index in [1.165, 1.54) is 19.2 Å². The molecule has 5 N–H and O–H groups in total. The van der Waals surface area contributed by atoms with E-state index >= 15 is 0 Å². The van der Waals surface area contributed by atoms with Crippen LogP contribution in [0.1, 0.15) is 0 Å². The molecule has 0 atom stereocenters. The number of nitrogens with one attached hydrogen (secondary N) is 3. The van der Waals surface area contributed by atoms with Crippen molar-refractivity contribution in [2.24, 2.45) is 0 Å². The third kappa shape index (κ3) is 5.58. The summed E-state index contributed by atoms with van der Waals surface area (Å²) in [6.45, 7) is -1.06.